The molecule has 122 valence electrons. The Kier molecular flexibility index (Phi) is 3.85. The zero-order valence-corrected chi connectivity index (χ0v) is 13.9. The average molecular weight is 318 g/mol. The first-order chi connectivity index (χ1) is 11.7. The van der Waals surface area contributed by atoms with Gasteiger partial charge in [0.1, 0.15) is 0 Å². The third kappa shape index (κ3) is 2.94. The third-order valence-electron chi connectivity index (χ3n) is 4.92. The highest BCUT2D eigenvalue weighted by molar-refractivity contribution is 5.86. The quantitative estimate of drug-likeness (QED) is 0.760. The van der Waals surface area contributed by atoms with Gasteiger partial charge in [0.05, 0.1) is 6.42 Å². The summed E-state index contributed by atoms with van der Waals surface area (Å²) in [6.45, 7) is 2.13. The number of benzene rings is 2. The number of aromatic amines is 1. The second-order valence-corrected chi connectivity index (χ2v) is 6.80. The number of nitrogens with one attached hydrogen (secondary N) is 2. The first-order valence-electron chi connectivity index (χ1n) is 8.62. The maximum atomic E-state index is 12.3. The second kappa shape index (κ2) is 6.16. The Labute approximate surface area is 142 Å². The van der Waals surface area contributed by atoms with E-state index >= 15 is 0 Å². The van der Waals surface area contributed by atoms with Gasteiger partial charge in [-0.2, -0.15) is 0 Å². The van der Waals surface area contributed by atoms with Gasteiger partial charge in [-0.15, -0.1) is 0 Å². The van der Waals surface area contributed by atoms with Crippen LogP contribution >= 0.6 is 0 Å². The van der Waals surface area contributed by atoms with Crippen molar-refractivity contribution in [3.63, 3.8) is 0 Å². The van der Waals surface area contributed by atoms with Crippen molar-refractivity contribution in [3.8, 4) is 0 Å². The van der Waals surface area contributed by atoms with Crippen LogP contribution < -0.4 is 5.32 Å². The first kappa shape index (κ1) is 15.0. The summed E-state index contributed by atoms with van der Waals surface area (Å²) in [5, 5.41) is 4.54. The van der Waals surface area contributed by atoms with Crippen LogP contribution in [-0.2, 0) is 24.1 Å². The minimum Gasteiger partial charge on any atom is -0.358 e. The Morgan fingerprint density at radius 1 is 1.21 bits per heavy atom. The normalized spacial score (nSPS) is 16.8. The fourth-order valence-electron chi connectivity index (χ4n) is 3.71. The minimum atomic E-state index is 0.116. The van der Waals surface area contributed by atoms with Crippen LogP contribution in [0, 0.1) is 6.92 Å². The number of carbonyl (C=O) groups is 1. The molecule has 3 aromatic rings. The molecule has 3 nitrogen and oxygen atoms in total. The number of hydrogen-bond acceptors (Lipinski definition) is 1. The largest absolute Gasteiger partial charge is 0.358 e. The molecule has 0 saturated carbocycles. The van der Waals surface area contributed by atoms with Crippen molar-refractivity contribution in [2.75, 3.05) is 0 Å². The second-order valence-electron chi connectivity index (χ2n) is 6.80. The van der Waals surface area contributed by atoms with Crippen LogP contribution in [0.1, 0.15) is 28.8 Å². The number of amides is 1. The fourth-order valence-corrected chi connectivity index (χ4v) is 3.71. The third-order valence-corrected chi connectivity index (χ3v) is 4.92. The number of carbonyl (C=O) groups excluding carboxylic acids is 1. The van der Waals surface area contributed by atoms with Crippen molar-refractivity contribution in [2.45, 2.75) is 38.6 Å². The summed E-state index contributed by atoms with van der Waals surface area (Å²) in [7, 11) is 0. The van der Waals surface area contributed by atoms with E-state index in [1.54, 1.807) is 0 Å². The maximum absolute atomic E-state index is 12.3. The van der Waals surface area contributed by atoms with Crippen molar-refractivity contribution < 1.29 is 4.79 Å². The van der Waals surface area contributed by atoms with Crippen molar-refractivity contribution in [2.24, 2.45) is 0 Å². The van der Waals surface area contributed by atoms with E-state index in [-0.39, 0.29) is 11.9 Å². The van der Waals surface area contributed by atoms with Crippen LogP contribution in [0.3, 0.4) is 0 Å². The van der Waals surface area contributed by atoms with E-state index in [1.165, 1.54) is 27.7 Å². The van der Waals surface area contributed by atoms with E-state index in [1.807, 2.05) is 30.3 Å². The Bertz CT molecular complexity index is 879. The molecule has 0 fully saturated rings. The number of rotatable bonds is 3. The molecule has 0 radical (unpaired) electrons. The molecule has 0 bridgehead atoms. The van der Waals surface area contributed by atoms with Gasteiger partial charge in [0.2, 0.25) is 5.91 Å². The molecule has 2 aromatic carbocycles. The Balaban J connectivity index is 1.49. The smallest absolute Gasteiger partial charge is 0.224 e. The molecule has 0 spiro atoms. The van der Waals surface area contributed by atoms with Crippen LogP contribution in [0.25, 0.3) is 10.9 Å². The van der Waals surface area contributed by atoms with Gasteiger partial charge >= 0.3 is 0 Å². The summed E-state index contributed by atoms with van der Waals surface area (Å²) in [5.74, 6) is 0.116. The summed E-state index contributed by atoms with van der Waals surface area (Å²) < 4.78 is 0. The predicted molar refractivity (Wildman–Crippen MR) is 97.1 cm³/mol. The highest BCUT2D eigenvalue weighted by Crippen LogP contribution is 2.29. The number of aryl methyl sites for hydroxylation is 2. The van der Waals surface area contributed by atoms with E-state index in [0.717, 1.165) is 24.8 Å². The lowest BCUT2D eigenvalue weighted by atomic mass is 9.91. The SMILES string of the molecule is Cc1ccc2[nH]c3c(c2c1)CC(NC(=O)Cc1ccccc1)CC3. The fraction of sp³-hybridized carbons (Fsp3) is 0.286. The van der Waals surface area contributed by atoms with Gasteiger partial charge in [-0.1, -0.05) is 42.0 Å². The van der Waals surface area contributed by atoms with Gasteiger partial charge in [-0.05, 0) is 49.4 Å². The topological polar surface area (TPSA) is 44.9 Å². The first-order valence-corrected chi connectivity index (χ1v) is 8.62. The van der Waals surface area contributed by atoms with E-state index < -0.39 is 0 Å². The molecule has 1 heterocycles. The van der Waals surface area contributed by atoms with Crippen molar-refractivity contribution in [1.29, 1.82) is 0 Å². The Hall–Kier alpha value is -2.55. The molecule has 3 heteroatoms. The van der Waals surface area contributed by atoms with Gasteiger partial charge in [0.25, 0.3) is 0 Å². The summed E-state index contributed by atoms with van der Waals surface area (Å²) in [5.41, 5.74) is 6.27. The molecular weight excluding hydrogens is 296 g/mol. The van der Waals surface area contributed by atoms with Gasteiger partial charge in [0.15, 0.2) is 0 Å². The summed E-state index contributed by atoms with van der Waals surface area (Å²) >= 11 is 0. The standard InChI is InChI=1S/C21H22N2O/c1-14-7-9-19-17(11-14)18-13-16(8-10-20(18)23-19)22-21(24)12-15-5-3-2-4-6-15/h2-7,9,11,16,23H,8,10,12-13H2,1H3,(H,22,24). The molecule has 0 aliphatic heterocycles. The van der Waals surface area contributed by atoms with Crippen LogP contribution in [0.4, 0.5) is 0 Å². The molecule has 0 saturated heterocycles. The molecule has 1 unspecified atom stereocenters. The Morgan fingerprint density at radius 3 is 2.88 bits per heavy atom. The van der Waals surface area contributed by atoms with Crippen LogP contribution in [-0.4, -0.2) is 16.9 Å². The zero-order valence-electron chi connectivity index (χ0n) is 13.9. The minimum absolute atomic E-state index is 0.116. The van der Waals surface area contributed by atoms with Crippen LogP contribution in [0.5, 0.6) is 0 Å². The lowest BCUT2D eigenvalue weighted by Crippen LogP contribution is -2.39. The van der Waals surface area contributed by atoms with E-state index in [2.05, 4.69) is 35.4 Å². The highest BCUT2D eigenvalue weighted by atomic mass is 16.1. The van der Waals surface area contributed by atoms with Crippen molar-refractivity contribution in [3.05, 3.63) is 70.9 Å². The van der Waals surface area contributed by atoms with Crippen molar-refractivity contribution >= 4 is 16.8 Å². The molecule has 24 heavy (non-hydrogen) atoms. The van der Waals surface area contributed by atoms with Gasteiger partial charge < -0.3 is 10.3 Å². The van der Waals surface area contributed by atoms with Crippen molar-refractivity contribution in [1.82, 2.24) is 10.3 Å². The summed E-state index contributed by atoms with van der Waals surface area (Å²) in [6.07, 6.45) is 3.37. The predicted octanol–water partition coefficient (Wildman–Crippen LogP) is 3.69. The van der Waals surface area contributed by atoms with E-state index in [4.69, 9.17) is 0 Å². The summed E-state index contributed by atoms with van der Waals surface area (Å²) in [6, 6.07) is 16.7. The van der Waals surface area contributed by atoms with Crippen LogP contribution in [0.15, 0.2) is 48.5 Å². The van der Waals surface area contributed by atoms with Gasteiger partial charge in [-0.3, -0.25) is 4.79 Å². The Morgan fingerprint density at radius 2 is 2.04 bits per heavy atom. The zero-order chi connectivity index (χ0) is 16.5. The van der Waals surface area contributed by atoms with E-state index in [0.29, 0.717) is 6.42 Å². The highest BCUT2D eigenvalue weighted by Gasteiger charge is 2.23. The monoisotopic (exact) mass is 318 g/mol. The lowest BCUT2D eigenvalue weighted by molar-refractivity contribution is -0.121. The average Bonchev–Trinajstić information content (AvgIpc) is 2.93. The lowest BCUT2D eigenvalue weighted by Gasteiger charge is -2.23. The maximum Gasteiger partial charge on any atom is 0.224 e. The van der Waals surface area contributed by atoms with Gasteiger partial charge in [-0.25, -0.2) is 0 Å². The number of aromatic nitrogens is 1. The van der Waals surface area contributed by atoms with Crippen LogP contribution in [0.2, 0.25) is 0 Å². The number of hydrogen-bond donors (Lipinski definition) is 2. The molecule has 1 aromatic heterocycles. The molecule has 4 rings (SSSR count). The molecular formula is C21H22N2O. The van der Waals surface area contributed by atoms with Gasteiger partial charge in [0, 0.05) is 22.6 Å². The number of fused-ring (bicyclic) bond motifs is 3. The molecule has 1 atom stereocenters. The number of H-pyrrole nitrogens is 1. The van der Waals surface area contributed by atoms with E-state index in [9.17, 15) is 4.79 Å². The summed E-state index contributed by atoms with van der Waals surface area (Å²) in [4.78, 5) is 15.9. The molecule has 1 aliphatic carbocycles. The molecule has 2 N–H and O–H groups in total. The molecule has 1 aliphatic rings. The molecule has 1 amide bonds.